The Morgan fingerprint density at radius 1 is 0.871 bits per heavy atom. The van der Waals surface area contributed by atoms with E-state index in [1.807, 2.05) is 0 Å². The molecule has 10 heteroatoms. The van der Waals surface area contributed by atoms with E-state index < -0.39 is 23.7 Å². The van der Waals surface area contributed by atoms with Gasteiger partial charge in [-0.15, -0.1) is 0 Å². The smallest absolute Gasteiger partial charge is 0.267 e. The lowest BCUT2D eigenvalue weighted by Gasteiger charge is -2.10. The van der Waals surface area contributed by atoms with Crippen molar-refractivity contribution in [3.05, 3.63) is 89.9 Å². The van der Waals surface area contributed by atoms with Gasteiger partial charge in [0.25, 0.3) is 11.8 Å². The van der Waals surface area contributed by atoms with Gasteiger partial charge in [0.05, 0.1) is 16.8 Å². The molecule has 31 heavy (non-hydrogen) atoms. The van der Waals surface area contributed by atoms with Gasteiger partial charge < -0.3 is 0 Å². The van der Waals surface area contributed by atoms with Gasteiger partial charge in [-0.2, -0.15) is 18.3 Å². The summed E-state index contributed by atoms with van der Waals surface area (Å²) in [5, 5.41) is 4.11. The highest BCUT2D eigenvalue weighted by atomic mass is 19.4. The summed E-state index contributed by atoms with van der Waals surface area (Å²) in [5.41, 5.74) is 5.19. The molecule has 0 saturated heterocycles. The van der Waals surface area contributed by atoms with Crippen LogP contribution in [0.3, 0.4) is 0 Å². The van der Waals surface area contributed by atoms with E-state index in [2.05, 4.69) is 20.9 Å². The minimum absolute atomic E-state index is 0.201. The minimum atomic E-state index is -4.54. The molecule has 0 atom stereocenters. The molecule has 0 unspecified atom stereocenters. The van der Waals surface area contributed by atoms with E-state index in [-0.39, 0.29) is 5.56 Å². The number of carbonyl (C=O) groups excluding carboxylic acids is 2. The third-order valence-corrected chi connectivity index (χ3v) is 4.45. The van der Waals surface area contributed by atoms with Crippen molar-refractivity contribution >= 4 is 22.7 Å². The fourth-order valence-electron chi connectivity index (χ4n) is 2.94. The van der Waals surface area contributed by atoms with Gasteiger partial charge in [0.15, 0.2) is 5.69 Å². The standard InChI is InChI=1S/C21H14F3N5O2/c22-21(23,24)18-10-12-29(28-18)14-8-6-13(7-9-14)19(30)26-27-20(31)16-3-1-5-17-15(16)4-2-11-25-17/h1-12H,(H,26,30)(H,27,31). The zero-order valence-corrected chi connectivity index (χ0v) is 15.7. The van der Waals surface area contributed by atoms with E-state index in [0.29, 0.717) is 22.2 Å². The molecule has 4 aromatic rings. The van der Waals surface area contributed by atoms with E-state index in [9.17, 15) is 22.8 Å². The second-order valence-electron chi connectivity index (χ2n) is 6.47. The van der Waals surface area contributed by atoms with Gasteiger partial charge >= 0.3 is 6.18 Å². The molecule has 2 aromatic carbocycles. The Kier molecular flexibility index (Phi) is 5.12. The molecule has 0 saturated carbocycles. The zero-order valence-electron chi connectivity index (χ0n) is 15.7. The Morgan fingerprint density at radius 2 is 1.61 bits per heavy atom. The second kappa shape index (κ2) is 7.90. The summed E-state index contributed by atoms with van der Waals surface area (Å²) < 4.78 is 39.1. The first-order valence-electron chi connectivity index (χ1n) is 9.01. The average Bonchev–Trinajstić information content (AvgIpc) is 3.28. The molecule has 2 aromatic heterocycles. The van der Waals surface area contributed by atoms with Gasteiger partial charge in [-0.25, -0.2) is 4.68 Å². The first-order chi connectivity index (χ1) is 14.8. The third kappa shape index (κ3) is 4.22. The van der Waals surface area contributed by atoms with Crippen LogP contribution in [0.4, 0.5) is 13.2 Å². The number of aromatic nitrogens is 3. The van der Waals surface area contributed by atoms with Crippen LogP contribution in [-0.4, -0.2) is 26.6 Å². The number of hydrazine groups is 1. The minimum Gasteiger partial charge on any atom is -0.267 e. The number of hydrogen-bond acceptors (Lipinski definition) is 4. The van der Waals surface area contributed by atoms with E-state index in [4.69, 9.17) is 0 Å². The van der Waals surface area contributed by atoms with Gasteiger partial charge in [-0.3, -0.25) is 25.4 Å². The Balaban J connectivity index is 1.43. The van der Waals surface area contributed by atoms with Crippen LogP contribution in [0.25, 0.3) is 16.6 Å². The number of halogens is 3. The van der Waals surface area contributed by atoms with E-state index in [1.165, 1.54) is 30.5 Å². The van der Waals surface area contributed by atoms with Gasteiger partial charge in [0, 0.05) is 23.3 Å². The van der Waals surface area contributed by atoms with Crippen LogP contribution in [0, 0.1) is 0 Å². The van der Waals surface area contributed by atoms with Gasteiger partial charge in [-0.1, -0.05) is 12.1 Å². The van der Waals surface area contributed by atoms with Crippen molar-refractivity contribution < 1.29 is 22.8 Å². The summed E-state index contributed by atoms with van der Waals surface area (Å²) in [6.07, 6.45) is -1.75. The van der Waals surface area contributed by atoms with E-state index in [1.54, 1.807) is 36.5 Å². The molecule has 2 heterocycles. The van der Waals surface area contributed by atoms with Crippen LogP contribution < -0.4 is 10.9 Å². The summed E-state index contributed by atoms with van der Waals surface area (Å²) in [4.78, 5) is 29.0. The normalized spacial score (nSPS) is 11.3. The summed E-state index contributed by atoms with van der Waals surface area (Å²) >= 11 is 0. The molecule has 0 fully saturated rings. The van der Waals surface area contributed by atoms with Crippen LogP contribution in [0.2, 0.25) is 0 Å². The molecule has 0 spiro atoms. The van der Waals surface area contributed by atoms with E-state index in [0.717, 1.165) is 10.7 Å². The largest absolute Gasteiger partial charge is 0.435 e. The molecule has 4 rings (SSSR count). The SMILES string of the molecule is O=C(NNC(=O)c1cccc2ncccc12)c1ccc(-n2ccc(C(F)(F)F)n2)cc1. The molecule has 7 nitrogen and oxygen atoms in total. The number of fused-ring (bicyclic) bond motifs is 1. The monoisotopic (exact) mass is 425 g/mol. The molecule has 0 bridgehead atoms. The topological polar surface area (TPSA) is 88.9 Å². The highest BCUT2D eigenvalue weighted by Crippen LogP contribution is 2.27. The van der Waals surface area contributed by atoms with Crippen molar-refractivity contribution in [2.45, 2.75) is 6.18 Å². The summed E-state index contributed by atoms with van der Waals surface area (Å²) in [6, 6.07) is 15.1. The maximum Gasteiger partial charge on any atom is 0.435 e. The molecular weight excluding hydrogens is 411 g/mol. The molecule has 156 valence electrons. The first kappa shape index (κ1) is 20.1. The molecule has 2 N–H and O–H groups in total. The Labute approximate surface area is 173 Å². The van der Waals surface area contributed by atoms with Crippen LogP contribution in [0.5, 0.6) is 0 Å². The van der Waals surface area contributed by atoms with Crippen molar-refractivity contribution in [2.24, 2.45) is 0 Å². The lowest BCUT2D eigenvalue weighted by molar-refractivity contribution is -0.141. The number of carbonyl (C=O) groups is 2. The predicted octanol–water partition coefficient (Wildman–Crippen LogP) is 3.51. The number of hydrogen-bond donors (Lipinski definition) is 2. The van der Waals surface area contributed by atoms with Crippen molar-refractivity contribution in [1.29, 1.82) is 0 Å². The number of benzene rings is 2. The second-order valence-corrected chi connectivity index (χ2v) is 6.47. The molecule has 2 amide bonds. The van der Waals surface area contributed by atoms with Crippen molar-refractivity contribution in [3.63, 3.8) is 0 Å². The Morgan fingerprint density at radius 3 is 2.32 bits per heavy atom. The van der Waals surface area contributed by atoms with Gasteiger partial charge in [0.1, 0.15) is 0 Å². The van der Waals surface area contributed by atoms with Crippen LogP contribution in [-0.2, 0) is 6.18 Å². The fourth-order valence-corrected chi connectivity index (χ4v) is 2.94. The molecule has 0 radical (unpaired) electrons. The van der Waals surface area contributed by atoms with Crippen molar-refractivity contribution in [3.8, 4) is 5.69 Å². The fraction of sp³-hybridized carbons (Fsp3) is 0.0476. The van der Waals surface area contributed by atoms with Gasteiger partial charge in [0.2, 0.25) is 0 Å². The Hall–Kier alpha value is -4.21. The number of amides is 2. The summed E-state index contributed by atoms with van der Waals surface area (Å²) in [6.45, 7) is 0. The summed E-state index contributed by atoms with van der Waals surface area (Å²) in [7, 11) is 0. The highest BCUT2D eigenvalue weighted by molar-refractivity contribution is 6.07. The van der Waals surface area contributed by atoms with Crippen LogP contribution in [0.15, 0.2) is 73.1 Å². The molecule has 0 aliphatic heterocycles. The molecular formula is C21H14F3N5O2. The van der Waals surface area contributed by atoms with Crippen molar-refractivity contribution in [1.82, 2.24) is 25.6 Å². The maximum atomic E-state index is 12.7. The lowest BCUT2D eigenvalue weighted by atomic mass is 10.1. The van der Waals surface area contributed by atoms with E-state index >= 15 is 0 Å². The molecule has 0 aliphatic carbocycles. The van der Waals surface area contributed by atoms with Crippen molar-refractivity contribution in [2.75, 3.05) is 0 Å². The number of nitrogens with zero attached hydrogens (tertiary/aromatic N) is 3. The number of nitrogens with one attached hydrogen (secondary N) is 2. The van der Waals surface area contributed by atoms with Gasteiger partial charge in [-0.05, 0) is 48.5 Å². The molecule has 0 aliphatic rings. The number of alkyl halides is 3. The number of pyridine rings is 1. The highest BCUT2D eigenvalue weighted by Gasteiger charge is 2.33. The first-order valence-corrected chi connectivity index (χ1v) is 9.01. The quantitative estimate of drug-likeness (QED) is 0.492. The zero-order chi connectivity index (χ0) is 22.0. The Bertz CT molecular complexity index is 1260. The summed E-state index contributed by atoms with van der Waals surface area (Å²) in [5.74, 6) is -1.10. The van der Waals surface area contributed by atoms with Crippen LogP contribution in [0.1, 0.15) is 26.4 Å². The third-order valence-electron chi connectivity index (χ3n) is 4.45. The lowest BCUT2D eigenvalue weighted by Crippen LogP contribution is -2.41. The predicted molar refractivity (Wildman–Crippen MR) is 105 cm³/mol. The average molecular weight is 425 g/mol. The number of rotatable bonds is 3. The van der Waals surface area contributed by atoms with Crippen LogP contribution >= 0.6 is 0 Å². The maximum absolute atomic E-state index is 12.7.